The van der Waals surface area contributed by atoms with Crippen molar-refractivity contribution < 1.29 is 14.5 Å². The Balaban J connectivity index is 1.50. The van der Waals surface area contributed by atoms with E-state index in [-0.39, 0.29) is 22.9 Å². The highest BCUT2D eigenvalue weighted by Gasteiger charge is 2.30. The van der Waals surface area contributed by atoms with E-state index < -0.39 is 4.92 Å². The number of nitrogens with one attached hydrogen (secondary N) is 1. The van der Waals surface area contributed by atoms with Crippen LogP contribution in [0.3, 0.4) is 0 Å². The normalized spacial score (nSPS) is 20.1. The second-order valence-electron chi connectivity index (χ2n) is 6.89. The summed E-state index contributed by atoms with van der Waals surface area (Å²) in [5.41, 5.74) is 0. The number of hydrogen-bond donors (Lipinski definition) is 1. The molecular weight excluding hydrogens is 356 g/mol. The summed E-state index contributed by atoms with van der Waals surface area (Å²) in [5, 5.41) is 13.9. The Kier molecular flexibility index (Phi) is 5.87. The van der Waals surface area contributed by atoms with Gasteiger partial charge in [0.25, 0.3) is 5.91 Å². The third-order valence-corrected chi connectivity index (χ3v) is 6.24. The number of carbonyl (C=O) groups excluding carboxylic acids is 2. The van der Waals surface area contributed by atoms with Crippen molar-refractivity contribution in [3.8, 4) is 0 Å². The van der Waals surface area contributed by atoms with E-state index in [0.717, 1.165) is 24.2 Å². The van der Waals surface area contributed by atoms with Crippen LogP contribution in [0.4, 0.5) is 5.00 Å². The smallest absolute Gasteiger partial charge is 0.324 e. The maximum Gasteiger partial charge on any atom is 0.324 e. The van der Waals surface area contributed by atoms with E-state index in [1.807, 2.05) is 6.92 Å². The molecule has 26 heavy (non-hydrogen) atoms. The maximum atomic E-state index is 12.5. The molecule has 2 amide bonds. The second-order valence-corrected chi connectivity index (χ2v) is 7.95. The Morgan fingerprint density at radius 2 is 1.88 bits per heavy atom. The van der Waals surface area contributed by atoms with Crippen LogP contribution in [-0.4, -0.2) is 64.8 Å². The first-order valence-corrected chi connectivity index (χ1v) is 9.85. The van der Waals surface area contributed by atoms with Gasteiger partial charge in [-0.05, 0) is 25.8 Å². The number of nitrogens with zero attached hydrogens (tertiary/aromatic N) is 3. The summed E-state index contributed by atoms with van der Waals surface area (Å²) in [6, 6.07) is 2.97. The van der Waals surface area contributed by atoms with Crippen molar-refractivity contribution in [3.63, 3.8) is 0 Å². The lowest BCUT2D eigenvalue weighted by Crippen LogP contribution is -2.55. The average molecular weight is 380 g/mol. The van der Waals surface area contributed by atoms with Gasteiger partial charge in [0.15, 0.2) is 0 Å². The predicted octanol–water partition coefficient (Wildman–Crippen LogP) is 1.86. The lowest BCUT2D eigenvalue weighted by molar-refractivity contribution is -0.380. The Morgan fingerprint density at radius 1 is 1.23 bits per heavy atom. The van der Waals surface area contributed by atoms with Crippen molar-refractivity contribution in [2.45, 2.75) is 44.7 Å². The number of hydrogen-bond acceptors (Lipinski definition) is 6. The molecule has 2 heterocycles. The van der Waals surface area contributed by atoms with Gasteiger partial charge in [-0.15, -0.1) is 0 Å². The fourth-order valence-corrected chi connectivity index (χ4v) is 4.36. The molecule has 8 nitrogen and oxygen atoms in total. The SMILES string of the molecule is CC(C(=O)NC1CCCC1)N1CCN(C(=O)c2ccc([N+](=O)[O-])s2)CC1. The number of thiophene rings is 1. The minimum Gasteiger partial charge on any atom is -0.352 e. The Morgan fingerprint density at radius 3 is 2.46 bits per heavy atom. The second kappa shape index (κ2) is 8.13. The van der Waals surface area contributed by atoms with Gasteiger partial charge in [-0.1, -0.05) is 24.2 Å². The molecule has 1 aromatic heterocycles. The lowest BCUT2D eigenvalue weighted by Gasteiger charge is -2.37. The molecule has 1 aliphatic heterocycles. The van der Waals surface area contributed by atoms with Gasteiger partial charge in [0.2, 0.25) is 5.91 Å². The van der Waals surface area contributed by atoms with Crippen molar-refractivity contribution in [2.24, 2.45) is 0 Å². The summed E-state index contributed by atoms with van der Waals surface area (Å²) in [7, 11) is 0. The molecule has 0 radical (unpaired) electrons. The molecule has 2 aliphatic rings. The van der Waals surface area contributed by atoms with Crippen LogP contribution < -0.4 is 5.32 Å². The molecule has 1 saturated heterocycles. The van der Waals surface area contributed by atoms with E-state index in [1.54, 1.807) is 4.90 Å². The monoisotopic (exact) mass is 380 g/mol. The molecule has 142 valence electrons. The number of nitro groups is 1. The zero-order valence-electron chi connectivity index (χ0n) is 14.8. The highest BCUT2D eigenvalue weighted by atomic mass is 32.1. The highest BCUT2D eigenvalue weighted by molar-refractivity contribution is 7.17. The molecule has 1 saturated carbocycles. The molecule has 1 aliphatic carbocycles. The van der Waals surface area contributed by atoms with Crippen LogP contribution in [0.25, 0.3) is 0 Å². The summed E-state index contributed by atoms with van der Waals surface area (Å²) in [5.74, 6) is -0.114. The first kappa shape index (κ1) is 18.8. The van der Waals surface area contributed by atoms with Crippen LogP contribution in [0.1, 0.15) is 42.3 Å². The summed E-state index contributed by atoms with van der Waals surface area (Å²) >= 11 is 0.904. The third kappa shape index (κ3) is 4.21. The molecule has 1 unspecified atom stereocenters. The molecule has 1 atom stereocenters. The Bertz CT molecular complexity index is 678. The highest BCUT2D eigenvalue weighted by Crippen LogP contribution is 2.25. The average Bonchev–Trinajstić information content (AvgIpc) is 3.32. The van der Waals surface area contributed by atoms with E-state index in [1.165, 1.54) is 25.0 Å². The van der Waals surface area contributed by atoms with E-state index in [2.05, 4.69) is 10.2 Å². The van der Waals surface area contributed by atoms with Crippen LogP contribution in [0.15, 0.2) is 12.1 Å². The maximum absolute atomic E-state index is 12.5. The molecule has 0 bridgehead atoms. The Labute approximate surface area is 156 Å². The number of rotatable bonds is 5. The quantitative estimate of drug-likeness (QED) is 0.621. The van der Waals surface area contributed by atoms with Crippen LogP contribution in [0.5, 0.6) is 0 Å². The zero-order chi connectivity index (χ0) is 18.7. The number of piperazine rings is 1. The van der Waals surface area contributed by atoms with Crippen molar-refractivity contribution >= 4 is 28.2 Å². The lowest BCUT2D eigenvalue weighted by atomic mass is 10.2. The van der Waals surface area contributed by atoms with Gasteiger partial charge >= 0.3 is 5.00 Å². The third-order valence-electron chi connectivity index (χ3n) is 5.21. The van der Waals surface area contributed by atoms with Crippen LogP contribution >= 0.6 is 11.3 Å². The van der Waals surface area contributed by atoms with Crippen molar-refractivity contribution in [3.05, 3.63) is 27.1 Å². The van der Waals surface area contributed by atoms with Gasteiger partial charge in [-0.2, -0.15) is 0 Å². The van der Waals surface area contributed by atoms with Gasteiger partial charge in [-0.25, -0.2) is 0 Å². The first-order valence-electron chi connectivity index (χ1n) is 9.03. The van der Waals surface area contributed by atoms with Gasteiger partial charge in [0.1, 0.15) is 0 Å². The van der Waals surface area contributed by atoms with Crippen molar-refractivity contribution in [2.75, 3.05) is 26.2 Å². The molecule has 0 aromatic carbocycles. The van der Waals surface area contributed by atoms with Crippen molar-refractivity contribution in [1.82, 2.24) is 15.1 Å². The topological polar surface area (TPSA) is 95.8 Å². The largest absolute Gasteiger partial charge is 0.352 e. The van der Waals surface area contributed by atoms with Crippen LogP contribution in [0, 0.1) is 10.1 Å². The fourth-order valence-electron chi connectivity index (χ4n) is 3.57. The fraction of sp³-hybridized carbons (Fsp3) is 0.647. The van der Waals surface area contributed by atoms with Gasteiger partial charge in [0.05, 0.1) is 15.8 Å². The van der Waals surface area contributed by atoms with Gasteiger partial charge < -0.3 is 10.2 Å². The molecule has 1 N–H and O–H groups in total. The molecule has 3 rings (SSSR count). The number of carbonyl (C=O) groups is 2. The molecule has 2 fully saturated rings. The summed E-state index contributed by atoms with van der Waals surface area (Å²) in [4.78, 5) is 39.4. The molecule has 9 heteroatoms. The Hall–Kier alpha value is -2.00. The van der Waals surface area contributed by atoms with E-state index in [0.29, 0.717) is 37.1 Å². The summed E-state index contributed by atoms with van der Waals surface area (Å²) in [6.45, 7) is 4.19. The zero-order valence-corrected chi connectivity index (χ0v) is 15.7. The van der Waals surface area contributed by atoms with E-state index in [4.69, 9.17) is 0 Å². The van der Waals surface area contributed by atoms with E-state index in [9.17, 15) is 19.7 Å². The first-order chi connectivity index (χ1) is 12.5. The minimum atomic E-state index is -0.482. The van der Waals surface area contributed by atoms with Crippen molar-refractivity contribution in [1.29, 1.82) is 0 Å². The standard InChI is InChI=1S/C17H24N4O4S/c1-12(16(22)18-13-4-2-3-5-13)19-8-10-20(11-9-19)17(23)14-6-7-15(26-14)21(24)25/h6-7,12-13H,2-5,8-11H2,1H3,(H,18,22). The van der Waals surface area contributed by atoms with Gasteiger partial charge in [-0.3, -0.25) is 24.6 Å². The molecule has 1 aromatic rings. The van der Waals surface area contributed by atoms with Crippen LogP contribution in [0.2, 0.25) is 0 Å². The van der Waals surface area contributed by atoms with Crippen LogP contribution in [-0.2, 0) is 4.79 Å². The van der Waals surface area contributed by atoms with E-state index >= 15 is 0 Å². The predicted molar refractivity (Wildman–Crippen MR) is 98.3 cm³/mol. The number of amides is 2. The summed E-state index contributed by atoms with van der Waals surface area (Å²) < 4.78 is 0. The van der Waals surface area contributed by atoms with Gasteiger partial charge in [0, 0.05) is 38.3 Å². The summed E-state index contributed by atoms with van der Waals surface area (Å²) in [6.07, 6.45) is 4.49. The molecule has 0 spiro atoms. The molecular formula is C17H24N4O4S. The minimum absolute atomic E-state index is 0.0239.